The standard InChI is InChI=1S/C20H19FN4O3/c1-13-6-9-28-18(13)20(27)24-7-3-8-25-16(12-24)11-17(23-25)19(26)22-15-5-2-4-14(21)10-15/h2,4-6,9-11H,3,7-8,12H2,1H3,(H,22,26). The molecule has 0 bridgehead atoms. The van der Waals surface area contributed by atoms with Crippen molar-refractivity contribution in [1.29, 1.82) is 0 Å². The van der Waals surface area contributed by atoms with E-state index in [2.05, 4.69) is 10.4 Å². The van der Waals surface area contributed by atoms with Gasteiger partial charge in [0.2, 0.25) is 0 Å². The fourth-order valence-corrected chi connectivity index (χ4v) is 3.24. The molecule has 0 unspecified atom stereocenters. The Morgan fingerprint density at radius 3 is 2.82 bits per heavy atom. The molecule has 0 radical (unpaired) electrons. The lowest BCUT2D eigenvalue weighted by molar-refractivity contribution is 0.0712. The second-order valence-corrected chi connectivity index (χ2v) is 6.72. The van der Waals surface area contributed by atoms with Gasteiger partial charge in [0.25, 0.3) is 11.8 Å². The number of anilines is 1. The molecule has 0 atom stereocenters. The largest absolute Gasteiger partial charge is 0.459 e. The molecular weight excluding hydrogens is 363 g/mol. The molecule has 28 heavy (non-hydrogen) atoms. The number of rotatable bonds is 3. The first kappa shape index (κ1) is 18.0. The monoisotopic (exact) mass is 382 g/mol. The van der Waals surface area contributed by atoms with Gasteiger partial charge in [-0.25, -0.2) is 4.39 Å². The second kappa shape index (κ2) is 7.30. The summed E-state index contributed by atoms with van der Waals surface area (Å²) in [5.74, 6) is -0.702. The van der Waals surface area contributed by atoms with Crippen LogP contribution in [0.1, 0.15) is 38.7 Å². The molecule has 1 aliphatic rings. The molecular formula is C20H19FN4O3. The predicted molar refractivity (Wildman–Crippen MR) is 99.4 cm³/mol. The molecule has 3 aromatic rings. The number of fused-ring (bicyclic) bond motifs is 1. The van der Waals surface area contributed by atoms with Crippen molar-refractivity contribution < 1.29 is 18.4 Å². The lowest BCUT2D eigenvalue weighted by Crippen LogP contribution is -2.30. The van der Waals surface area contributed by atoms with E-state index in [9.17, 15) is 14.0 Å². The van der Waals surface area contributed by atoms with Crippen molar-refractivity contribution >= 4 is 17.5 Å². The van der Waals surface area contributed by atoms with Gasteiger partial charge in [-0.2, -0.15) is 5.10 Å². The van der Waals surface area contributed by atoms with Crippen molar-refractivity contribution in [2.24, 2.45) is 0 Å². The van der Waals surface area contributed by atoms with Gasteiger partial charge in [-0.15, -0.1) is 0 Å². The van der Waals surface area contributed by atoms with E-state index in [1.54, 1.807) is 27.8 Å². The Bertz CT molecular complexity index is 1040. The molecule has 2 amide bonds. The van der Waals surface area contributed by atoms with Gasteiger partial charge >= 0.3 is 0 Å². The van der Waals surface area contributed by atoms with Crippen LogP contribution in [0.25, 0.3) is 0 Å². The predicted octanol–water partition coefficient (Wildman–Crippen LogP) is 3.22. The summed E-state index contributed by atoms with van der Waals surface area (Å²) >= 11 is 0. The van der Waals surface area contributed by atoms with Crippen molar-refractivity contribution in [2.45, 2.75) is 26.4 Å². The number of aryl methyl sites for hydroxylation is 2. The van der Waals surface area contributed by atoms with Gasteiger partial charge in [0, 0.05) is 24.3 Å². The van der Waals surface area contributed by atoms with E-state index >= 15 is 0 Å². The van der Waals surface area contributed by atoms with Crippen molar-refractivity contribution in [3.05, 3.63) is 71.2 Å². The summed E-state index contributed by atoms with van der Waals surface area (Å²) in [5, 5.41) is 6.99. The van der Waals surface area contributed by atoms with E-state index in [-0.39, 0.29) is 11.6 Å². The number of hydrogen-bond acceptors (Lipinski definition) is 4. The molecule has 144 valence electrons. The molecule has 0 saturated heterocycles. The fraction of sp³-hybridized carbons (Fsp3) is 0.250. The number of amides is 2. The van der Waals surface area contributed by atoms with Crippen LogP contribution >= 0.6 is 0 Å². The fourth-order valence-electron chi connectivity index (χ4n) is 3.24. The number of nitrogens with one attached hydrogen (secondary N) is 1. The zero-order valence-electron chi connectivity index (χ0n) is 15.3. The molecule has 0 fully saturated rings. The van der Waals surface area contributed by atoms with Crippen LogP contribution in [0.2, 0.25) is 0 Å². The van der Waals surface area contributed by atoms with E-state index in [1.807, 2.05) is 6.92 Å². The second-order valence-electron chi connectivity index (χ2n) is 6.72. The minimum absolute atomic E-state index is 0.178. The summed E-state index contributed by atoms with van der Waals surface area (Å²) in [6, 6.07) is 9.09. The molecule has 7 nitrogen and oxygen atoms in total. The average molecular weight is 382 g/mol. The number of aromatic nitrogens is 2. The van der Waals surface area contributed by atoms with Crippen molar-refractivity contribution in [3.63, 3.8) is 0 Å². The van der Waals surface area contributed by atoms with Crippen LogP contribution in [0.5, 0.6) is 0 Å². The maximum Gasteiger partial charge on any atom is 0.290 e. The van der Waals surface area contributed by atoms with E-state index in [0.717, 1.165) is 11.3 Å². The molecule has 0 spiro atoms. The molecule has 4 rings (SSSR count). The Balaban J connectivity index is 1.52. The molecule has 2 aromatic heterocycles. The van der Waals surface area contributed by atoms with Gasteiger partial charge in [0.15, 0.2) is 11.5 Å². The lowest BCUT2D eigenvalue weighted by atomic mass is 10.2. The van der Waals surface area contributed by atoms with Crippen molar-refractivity contribution in [3.8, 4) is 0 Å². The third kappa shape index (κ3) is 3.53. The quantitative estimate of drug-likeness (QED) is 0.754. The lowest BCUT2D eigenvalue weighted by Gasteiger charge is -2.18. The topological polar surface area (TPSA) is 80.4 Å². The third-order valence-corrected chi connectivity index (χ3v) is 4.67. The number of furan rings is 1. The highest BCUT2D eigenvalue weighted by atomic mass is 19.1. The summed E-state index contributed by atoms with van der Waals surface area (Å²) in [7, 11) is 0. The third-order valence-electron chi connectivity index (χ3n) is 4.67. The molecule has 1 aromatic carbocycles. The Morgan fingerprint density at radius 2 is 2.07 bits per heavy atom. The Labute approximate surface area is 160 Å². The number of nitrogens with zero attached hydrogens (tertiary/aromatic N) is 3. The first-order valence-electron chi connectivity index (χ1n) is 8.98. The van der Waals surface area contributed by atoms with Crippen LogP contribution in [0, 0.1) is 12.7 Å². The van der Waals surface area contributed by atoms with Gasteiger partial charge < -0.3 is 14.6 Å². The highest BCUT2D eigenvalue weighted by Crippen LogP contribution is 2.19. The summed E-state index contributed by atoms with van der Waals surface area (Å²) in [6.07, 6.45) is 2.21. The molecule has 1 N–H and O–H groups in total. The van der Waals surface area contributed by atoms with Crippen LogP contribution in [-0.4, -0.2) is 33.0 Å². The van der Waals surface area contributed by atoms with Gasteiger partial charge in [-0.1, -0.05) is 6.07 Å². The minimum atomic E-state index is -0.430. The van der Waals surface area contributed by atoms with Crippen LogP contribution in [0.4, 0.5) is 10.1 Å². The normalized spacial score (nSPS) is 13.7. The zero-order chi connectivity index (χ0) is 19.7. The summed E-state index contributed by atoms with van der Waals surface area (Å²) in [6.45, 7) is 3.34. The average Bonchev–Trinajstić information content (AvgIpc) is 3.22. The first-order chi connectivity index (χ1) is 13.5. The van der Waals surface area contributed by atoms with E-state index in [1.165, 1.54) is 24.5 Å². The number of halogens is 1. The molecule has 0 saturated carbocycles. The molecule has 8 heteroatoms. The number of carbonyl (C=O) groups excluding carboxylic acids is 2. The summed E-state index contributed by atoms with van der Waals surface area (Å²) in [4.78, 5) is 26.9. The van der Waals surface area contributed by atoms with Crippen LogP contribution in [0.3, 0.4) is 0 Å². The Kier molecular flexibility index (Phi) is 4.68. The van der Waals surface area contributed by atoms with Gasteiger partial charge in [-0.3, -0.25) is 14.3 Å². The van der Waals surface area contributed by atoms with Crippen molar-refractivity contribution in [2.75, 3.05) is 11.9 Å². The van der Waals surface area contributed by atoms with Crippen LogP contribution in [0.15, 0.2) is 47.1 Å². The van der Waals surface area contributed by atoms with Gasteiger partial charge in [0.1, 0.15) is 5.82 Å². The van der Waals surface area contributed by atoms with E-state index in [4.69, 9.17) is 4.42 Å². The SMILES string of the molecule is Cc1ccoc1C(=O)N1CCCn2nc(C(=O)Nc3cccc(F)c3)cc2C1. The maximum atomic E-state index is 13.3. The first-order valence-corrected chi connectivity index (χ1v) is 8.98. The molecule has 1 aliphatic heterocycles. The Morgan fingerprint density at radius 1 is 1.21 bits per heavy atom. The Hall–Kier alpha value is -3.42. The highest BCUT2D eigenvalue weighted by Gasteiger charge is 2.25. The number of hydrogen-bond donors (Lipinski definition) is 1. The van der Waals surface area contributed by atoms with Crippen molar-refractivity contribution in [1.82, 2.24) is 14.7 Å². The zero-order valence-corrected chi connectivity index (χ0v) is 15.3. The number of carbonyl (C=O) groups is 2. The van der Waals surface area contributed by atoms with Crippen LogP contribution in [-0.2, 0) is 13.1 Å². The van der Waals surface area contributed by atoms with Crippen LogP contribution < -0.4 is 5.32 Å². The highest BCUT2D eigenvalue weighted by molar-refractivity contribution is 6.03. The number of benzene rings is 1. The molecule has 0 aliphatic carbocycles. The summed E-state index contributed by atoms with van der Waals surface area (Å²) in [5.41, 5.74) is 2.14. The van der Waals surface area contributed by atoms with Gasteiger partial charge in [0.05, 0.1) is 18.5 Å². The van der Waals surface area contributed by atoms with Gasteiger partial charge in [-0.05, 0) is 43.7 Å². The maximum absolute atomic E-state index is 13.3. The van der Waals surface area contributed by atoms with E-state index in [0.29, 0.717) is 37.5 Å². The molecule has 3 heterocycles. The minimum Gasteiger partial charge on any atom is -0.459 e. The van der Waals surface area contributed by atoms with E-state index < -0.39 is 11.7 Å². The smallest absolute Gasteiger partial charge is 0.290 e. The summed E-state index contributed by atoms with van der Waals surface area (Å²) < 4.78 is 20.4.